The van der Waals surface area contributed by atoms with Crippen LogP contribution in [-0.4, -0.2) is 18.4 Å². The van der Waals surface area contributed by atoms with Crippen LogP contribution in [0.15, 0.2) is 22.3 Å². The van der Waals surface area contributed by atoms with Crippen molar-refractivity contribution in [1.29, 1.82) is 0 Å². The third-order valence-corrected chi connectivity index (χ3v) is 18.7. The number of allylic oxidation sites excluding steroid dienone is 2. The molecule has 0 aliphatic carbocycles. The fourth-order valence-corrected chi connectivity index (χ4v) is 17.5. The Morgan fingerprint density at radius 2 is 1.30 bits per heavy atom. The van der Waals surface area contributed by atoms with E-state index >= 15 is 0 Å². The Kier molecular flexibility index (Phi) is 11.8. The number of hydrogen-bond acceptors (Lipinski definition) is 0. The molecule has 0 spiro atoms. The van der Waals surface area contributed by atoms with E-state index in [9.17, 15) is 8.78 Å². The first kappa shape index (κ1) is 20.1. The fourth-order valence-electron chi connectivity index (χ4n) is 2.75. The first-order valence-electron chi connectivity index (χ1n) is 8.23. The van der Waals surface area contributed by atoms with E-state index in [4.69, 9.17) is 0 Å². The molecule has 0 amide bonds. The summed E-state index contributed by atoms with van der Waals surface area (Å²) >= 11 is -3.14. The van der Waals surface area contributed by atoms with Crippen molar-refractivity contribution in [1.82, 2.24) is 0 Å². The molecule has 0 aromatic carbocycles. The zero-order valence-corrected chi connectivity index (χ0v) is 16.5. The van der Waals surface area contributed by atoms with Gasteiger partial charge in [0.05, 0.1) is 0 Å². The molecule has 0 aliphatic rings. The molecule has 0 atom stereocenters. The standard InChI is InChI=1S/C5H5F2.3C4H9.Sn/c1-2-3-5(7)4-6;3*1-3-4-2;/h2H,1,3H2;3*1,3-4H2,2H3;. The topological polar surface area (TPSA) is 0 Å². The Balaban J connectivity index is 5.30. The normalized spacial score (nSPS) is 13.2. The Bertz CT molecular complexity index is 276. The molecule has 0 aromatic rings. The molecule has 0 N–H and O–H groups in total. The molecule has 0 unspecified atom stereocenters. The van der Waals surface area contributed by atoms with Crippen molar-refractivity contribution in [3.8, 4) is 0 Å². The third kappa shape index (κ3) is 6.73. The Morgan fingerprint density at radius 1 is 0.900 bits per heavy atom. The first-order chi connectivity index (χ1) is 9.57. The monoisotopic (exact) mass is 394 g/mol. The van der Waals surface area contributed by atoms with E-state index in [1.165, 1.54) is 6.08 Å². The van der Waals surface area contributed by atoms with Gasteiger partial charge in [-0.05, 0) is 0 Å². The SMILES string of the molecule is C=CC/C(F)=[C](\F)[Sn]([CH2]CCC)([CH2]CCC)[CH2]CCC. The van der Waals surface area contributed by atoms with Gasteiger partial charge in [-0.3, -0.25) is 0 Å². The van der Waals surface area contributed by atoms with Crippen molar-refractivity contribution in [2.75, 3.05) is 0 Å². The maximum atomic E-state index is 14.8. The number of halogens is 2. The van der Waals surface area contributed by atoms with Crippen LogP contribution in [-0.2, 0) is 0 Å². The molecule has 0 bridgehead atoms. The van der Waals surface area contributed by atoms with Gasteiger partial charge < -0.3 is 0 Å². The van der Waals surface area contributed by atoms with E-state index < -0.39 is 24.2 Å². The van der Waals surface area contributed by atoms with Crippen LogP contribution in [0.5, 0.6) is 0 Å². The van der Waals surface area contributed by atoms with Gasteiger partial charge in [0.15, 0.2) is 0 Å². The van der Waals surface area contributed by atoms with E-state index in [2.05, 4.69) is 27.4 Å². The average molecular weight is 393 g/mol. The molecule has 20 heavy (non-hydrogen) atoms. The summed E-state index contributed by atoms with van der Waals surface area (Å²) in [5.74, 6) is -0.515. The van der Waals surface area contributed by atoms with Crippen molar-refractivity contribution in [3.05, 3.63) is 22.3 Å². The van der Waals surface area contributed by atoms with E-state index in [0.29, 0.717) is 0 Å². The molecule has 0 fully saturated rings. The molecular formula is C17H32F2Sn. The molecule has 0 saturated heterocycles. The average Bonchev–Trinajstić information content (AvgIpc) is 2.46. The summed E-state index contributed by atoms with van der Waals surface area (Å²) in [6.45, 7) is 9.94. The number of hydrogen-bond donors (Lipinski definition) is 0. The number of unbranched alkanes of at least 4 members (excludes halogenated alkanes) is 3. The first-order valence-corrected chi connectivity index (χ1v) is 15.7. The minimum absolute atomic E-state index is 0.0644. The second kappa shape index (κ2) is 11.8. The van der Waals surface area contributed by atoms with E-state index in [1.54, 1.807) is 0 Å². The molecule has 0 aromatic heterocycles. The van der Waals surface area contributed by atoms with Gasteiger partial charge >= 0.3 is 129 Å². The second-order valence-electron chi connectivity index (χ2n) is 5.80. The summed E-state index contributed by atoms with van der Waals surface area (Å²) in [7, 11) is 0. The summed E-state index contributed by atoms with van der Waals surface area (Å²) in [4.78, 5) is 0. The van der Waals surface area contributed by atoms with Crippen LogP contribution < -0.4 is 0 Å². The predicted molar refractivity (Wildman–Crippen MR) is 89.0 cm³/mol. The summed E-state index contributed by atoms with van der Waals surface area (Å²) in [5, 5.41) is 0. The Morgan fingerprint density at radius 3 is 1.60 bits per heavy atom. The molecule has 3 heteroatoms. The zero-order chi connectivity index (χ0) is 15.4. The van der Waals surface area contributed by atoms with Crippen molar-refractivity contribution in [3.63, 3.8) is 0 Å². The molecule has 0 heterocycles. The van der Waals surface area contributed by atoms with Crippen molar-refractivity contribution >= 4 is 18.4 Å². The van der Waals surface area contributed by atoms with Gasteiger partial charge in [-0.2, -0.15) is 0 Å². The van der Waals surface area contributed by atoms with Gasteiger partial charge in [0.25, 0.3) is 0 Å². The van der Waals surface area contributed by atoms with Gasteiger partial charge in [0.2, 0.25) is 0 Å². The third-order valence-electron chi connectivity index (χ3n) is 4.05. The molecule has 118 valence electrons. The van der Waals surface area contributed by atoms with Crippen LogP contribution in [0.2, 0.25) is 13.3 Å². The van der Waals surface area contributed by atoms with Crippen LogP contribution >= 0.6 is 0 Å². The molecule has 0 rings (SSSR count). The van der Waals surface area contributed by atoms with Gasteiger partial charge in [0.1, 0.15) is 0 Å². The Labute approximate surface area is 128 Å². The van der Waals surface area contributed by atoms with Gasteiger partial charge in [-0.15, -0.1) is 0 Å². The summed E-state index contributed by atoms with van der Waals surface area (Å²) in [5.41, 5.74) is 0. The predicted octanol–water partition coefficient (Wildman–Crippen LogP) is 7.10. The summed E-state index contributed by atoms with van der Waals surface area (Å²) < 4.78 is 31.5. The van der Waals surface area contributed by atoms with E-state index in [-0.39, 0.29) is 10.3 Å². The fraction of sp³-hybridized carbons (Fsp3) is 0.765. The molecule has 0 aliphatic heterocycles. The second-order valence-corrected chi connectivity index (χ2v) is 18.6. The minimum atomic E-state index is -3.14. The van der Waals surface area contributed by atoms with E-state index in [1.807, 2.05) is 0 Å². The molecular weight excluding hydrogens is 361 g/mol. The zero-order valence-electron chi connectivity index (χ0n) is 13.6. The van der Waals surface area contributed by atoms with E-state index in [0.717, 1.165) is 51.8 Å². The van der Waals surface area contributed by atoms with Gasteiger partial charge in [-0.25, -0.2) is 0 Å². The van der Waals surface area contributed by atoms with Crippen molar-refractivity contribution in [2.45, 2.75) is 79.0 Å². The molecule has 0 saturated carbocycles. The van der Waals surface area contributed by atoms with Crippen LogP contribution in [0, 0.1) is 0 Å². The van der Waals surface area contributed by atoms with Crippen molar-refractivity contribution < 1.29 is 8.78 Å². The Hall–Kier alpha value is 0.139. The van der Waals surface area contributed by atoms with Crippen LogP contribution in [0.1, 0.15) is 65.7 Å². The quantitative estimate of drug-likeness (QED) is 0.245. The van der Waals surface area contributed by atoms with Crippen LogP contribution in [0.4, 0.5) is 8.78 Å². The van der Waals surface area contributed by atoms with Crippen LogP contribution in [0.25, 0.3) is 0 Å². The summed E-state index contributed by atoms with van der Waals surface area (Å²) in [6, 6.07) is 0. The maximum absolute atomic E-state index is 14.8. The molecule has 0 nitrogen and oxygen atoms in total. The number of rotatable bonds is 12. The van der Waals surface area contributed by atoms with Gasteiger partial charge in [0, 0.05) is 0 Å². The van der Waals surface area contributed by atoms with Gasteiger partial charge in [-0.1, -0.05) is 0 Å². The van der Waals surface area contributed by atoms with Crippen LogP contribution in [0.3, 0.4) is 0 Å². The molecule has 0 radical (unpaired) electrons. The summed E-state index contributed by atoms with van der Waals surface area (Å²) in [6.07, 6.45) is 7.93. The van der Waals surface area contributed by atoms with Crippen molar-refractivity contribution in [2.24, 2.45) is 0 Å².